The lowest BCUT2D eigenvalue weighted by Crippen LogP contribution is -2.63. The quantitative estimate of drug-likeness (QED) is 0.793. The normalized spacial score (nSPS) is 17.1. The second-order valence-electron chi connectivity index (χ2n) is 5.00. The van der Waals surface area contributed by atoms with E-state index >= 15 is 0 Å². The van der Waals surface area contributed by atoms with Crippen LogP contribution in [-0.4, -0.2) is 38.0 Å². The van der Waals surface area contributed by atoms with Crippen molar-refractivity contribution < 1.29 is 31.1 Å². The molecule has 0 aliphatic rings. The molecule has 108 valence electrons. The first kappa shape index (κ1) is 17.2. The Morgan fingerprint density at radius 3 is 1.72 bits per heavy atom. The van der Waals surface area contributed by atoms with Crippen LogP contribution in [0.5, 0.6) is 0 Å². The maximum atomic E-state index is 12.8. The predicted molar refractivity (Wildman–Crippen MR) is 58.3 cm³/mol. The van der Waals surface area contributed by atoms with Crippen molar-refractivity contribution in [1.29, 1.82) is 0 Å². The molecule has 0 bridgehead atoms. The molecule has 9 heteroatoms. The lowest BCUT2D eigenvalue weighted by Gasteiger charge is -2.32. The molecule has 0 spiro atoms. The summed E-state index contributed by atoms with van der Waals surface area (Å²) in [5.74, 6) is -1.70. The van der Waals surface area contributed by atoms with Gasteiger partial charge in [0.05, 0.1) is 6.26 Å². The van der Waals surface area contributed by atoms with Crippen LogP contribution in [0.1, 0.15) is 27.7 Å². The van der Waals surface area contributed by atoms with Gasteiger partial charge in [0.25, 0.3) is 0 Å². The summed E-state index contributed by atoms with van der Waals surface area (Å²) in [5.41, 5.74) is -4.48. The van der Waals surface area contributed by atoms with E-state index < -0.39 is 33.3 Å². The molecule has 0 saturated heterocycles. The molecular formula is C9H16F3NO4S. The highest BCUT2D eigenvalue weighted by molar-refractivity contribution is 7.88. The molecule has 0 aliphatic carbocycles. The van der Waals surface area contributed by atoms with Gasteiger partial charge in [0.2, 0.25) is 15.6 Å². The second kappa shape index (κ2) is 4.69. The van der Waals surface area contributed by atoms with Crippen molar-refractivity contribution >= 4 is 16.0 Å². The van der Waals surface area contributed by atoms with Gasteiger partial charge in [-0.25, -0.2) is 13.2 Å². The first-order valence-electron chi connectivity index (χ1n) is 4.88. The van der Waals surface area contributed by atoms with Gasteiger partial charge in [0.15, 0.2) is 0 Å². The van der Waals surface area contributed by atoms with Crippen LogP contribution in [0.2, 0.25) is 0 Å². The smallest absolute Gasteiger partial charge is 0.418 e. The molecule has 5 nitrogen and oxygen atoms in total. The average Bonchev–Trinajstić information content (AvgIpc) is 1.94. The van der Waals surface area contributed by atoms with Crippen LogP contribution >= 0.6 is 0 Å². The van der Waals surface area contributed by atoms with Gasteiger partial charge in [-0.2, -0.15) is 17.9 Å². The molecule has 0 aromatic carbocycles. The Morgan fingerprint density at radius 1 is 1.11 bits per heavy atom. The minimum Gasteiger partial charge on any atom is -0.458 e. The van der Waals surface area contributed by atoms with Crippen LogP contribution in [0.25, 0.3) is 0 Å². The lowest BCUT2D eigenvalue weighted by atomic mass is 10.0. The van der Waals surface area contributed by atoms with E-state index in [-0.39, 0.29) is 0 Å². The van der Waals surface area contributed by atoms with E-state index in [1.165, 1.54) is 25.5 Å². The van der Waals surface area contributed by atoms with Crippen LogP contribution in [0.15, 0.2) is 0 Å². The van der Waals surface area contributed by atoms with Crippen molar-refractivity contribution in [3.63, 3.8) is 0 Å². The van der Waals surface area contributed by atoms with Crippen molar-refractivity contribution in [3.05, 3.63) is 0 Å². The fourth-order valence-electron chi connectivity index (χ4n) is 0.966. The number of ether oxygens (including phenoxy) is 1. The number of hydrogen-bond donors (Lipinski definition) is 1. The summed E-state index contributed by atoms with van der Waals surface area (Å²) in [6, 6.07) is 0. The Balaban J connectivity index is 5.45. The molecule has 0 amide bonds. The van der Waals surface area contributed by atoms with Gasteiger partial charge in [-0.15, -0.1) is 0 Å². The molecule has 0 aromatic heterocycles. The van der Waals surface area contributed by atoms with Crippen molar-refractivity contribution in [1.82, 2.24) is 4.72 Å². The SMILES string of the molecule is CC(C)(C)OC(=O)C(C)(NS(C)(=O)=O)C(F)(F)F. The third kappa shape index (κ3) is 4.81. The van der Waals surface area contributed by atoms with E-state index in [1.807, 2.05) is 0 Å². The number of alkyl halides is 3. The zero-order valence-electron chi connectivity index (χ0n) is 10.7. The first-order chi connectivity index (χ1) is 7.58. The van der Waals surface area contributed by atoms with Gasteiger partial charge in [-0.1, -0.05) is 0 Å². The Hall–Kier alpha value is -0.830. The Bertz CT molecular complexity index is 424. The third-order valence-corrected chi connectivity index (χ3v) is 2.54. The largest absolute Gasteiger partial charge is 0.458 e. The van der Waals surface area contributed by atoms with Gasteiger partial charge < -0.3 is 4.74 Å². The number of rotatable bonds is 3. The van der Waals surface area contributed by atoms with Gasteiger partial charge in [-0.3, -0.25) is 0 Å². The molecule has 0 aromatic rings. The minimum atomic E-state index is -5.11. The number of nitrogens with one attached hydrogen (secondary N) is 1. The molecule has 18 heavy (non-hydrogen) atoms. The van der Waals surface area contributed by atoms with E-state index in [0.717, 1.165) is 0 Å². The van der Waals surface area contributed by atoms with Crippen molar-refractivity contribution in [2.45, 2.75) is 45.0 Å². The fraction of sp³-hybridized carbons (Fsp3) is 0.889. The molecule has 0 fully saturated rings. The number of halogens is 3. The number of hydrogen-bond acceptors (Lipinski definition) is 4. The zero-order valence-corrected chi connectivity index (χ0v) is 11.5. The van der Waals surface area contributed by atoms with Gasteiger partial charge >= 0.3 is 12.1 Å². The zero-order chi connectivity index (χ0) is 15.0. The number of carbonyl (C=O) groups excluding carboxylic acids is 1. The monoisotopic (exact) mass is 291 g/mol. The van der Waals surface area contributed by atoms with E-state index in [4.69, 9.17) is 0 Å². The summed E-state index contributed by atoms with van der Waals surface area (Å²) < 4.78 is 66.2. The summed E-state index contributed by atoms with van der Waals surface area (Å²) in [6.07, 6.45) is -4.58. The highest BCUT2D eigenvalue weighted by Crippen LogP contribution is 2.33. The maximum Gasteiger partial charge on any atom is 0.418 e. The molecule has 1 atom stereocenters. The highest BCUT2D eigenvalue weighted by Gasteiger charge is 2.60. The Morgan fingerprint density at radius 2 is 1.50 bits per heavy atom. The molecule has 0 radical (unpaired) electrons. The topological polar surface area (TPSA) is 72.5 Å². The molecule has 0 saturated carbocycles. The molecule has 0 aliphatic heterocycles. The minimum absolute atomic E-state index is 0.419. The number of carbonyl (C=O) groups is 1. The Labute approximate surface area is 104 Å². The van der Waals surface area contributed by atoms with E-state index in [1.54, 1.807) is 0 Å². The van der Waals surface area contributed by atoms with Crippen LogP contribution in [0, 0.1) is 0 Å². The van der Waals surface area contributed by atoms with Crippen LogP contribution < -0.4 is 4.72 Å². The first-order valence-corrected chi connectivity index (χ1v) is 6.77. The summed E-state index contributed by atoms with van der Waals surface area (Å²) in [6.45, 7) is 4.55. The summed E-state index contributed by atoms with van der Waals surface area (Å²) in [7, 11) is -4.24. The van der Waals surface area contributed by atoms with Crippen molar-refractivity contribution in [3.8, 4) is 0 Å². The van der Waals surface area contributed by atoms with E-state index in [9.17, 15) is 26.4 Å². The second-order valence-corrected chi connectivity index (χ2v) is 6.75. The van der Waals surface area contributed by atoms with Gasteiger partial charge in [0.1, 0.15) is 5.60 Å². The number of esters is 1. The average molecular weight is 291 g/mol. The molecule has 1 unspecified atom stereocenters. The molecule has 1 N–H and O–H groups in total. The van der Waals surface area contributed by atoms with Gasteiger partial charge in [-0.05, 0) is 27.7 Å². The maximum absolute atomic E-state index is 12.8. The Kier molecular flexibility index (Phi) is 4.47. The van der Waals surface area contributed by atoms with Crippen molar-refractivity contribution in [2.75, 3.05) is 6.26 Å². The standard InChI is InChI=1S/C9H16F3NO4S/c1-7(2,3)17-6(14)8(4,9(10,11)12)13-18(5,15)16/h13H,1-5H3. The van der Waals surface area contributed by atoms with Gasteiger partial charge in [0, 0.05) is 0 Å². The molecule has 0 heterocycles. The summed E-state index contributed by atoms with van der Waals surface area (Å²) in [5, 5.41) is 0. The van der Waals surface area contributed by atoms with Crippen LogP contribution in [-0.2, 0) is 19.6 Å². The van der Waals surface area contributed by atoms with E-state index in [0.29, 0.717) is 13.2 Å². The predicted octanol–water partition coefficient (Wildman–Crippen LogP) is 1.20. The van der Waals surface area contributed by atoms with Crippen molar-refractivity contribution in [2.24, 2.45) is 0 Å². The highest BCUT2D eigenvalue weighted by atomic mass is 32.2. The fourth-order valence-corrected chi connectivity index (χ4v) is 1.91. The van der Waals surface area contributed by atoms with E-state index in [2.05, 4.69) is 4.74 Å². The molecule has 0 rings (SSSR count). The lowest BCUT2D eigenvalue weighted by molar-refractivity contribution is -0.211. The molecular weight excluding hydrogens is 275 g/mol. The third-order valence-electron chi connectivity index (χ3n) is 1.76. The van der Waals surface area contributed by atoms with Crippen LogP contribution in [0.4, 0.5) is 13.2 Å². The summed E-state index contributed by atoms with van der Waals surface area (Å²) in [4.78, 5) is 11.5. The number of sulfonamides is 1. The summed E-state index contributed by atoms with van der Waals surface area (Å²) >= 11 is 0. The van der Waals surface area contributed by atoms with Crippen LogP contribution in [0.3, 0.4) is 0 Å².